The maximum Gasteiger partial charge on any atom is 0.197 e. The Morgan fingerprint density at radius 3 is 2.77 bits per heavy atom. The summed E-state index contributed by atoms with van der Waals surface area (Å²) >= 11 is 1.78. The number of carbonyl (C=O) groups is 1. The van der Waals surface area contributed by atoms with Gasteiger partial charge in [-0.15, -0.1) is 11.8 Å². The van der Waals surface area contributed by atoms with Crippen LogP contribution in [-0.2, 0) is 14.9 Å². The summed E-state index contributed by atoms with van der Waals surface area (Å²) in [7, 11) is 3.68. The molecule has 2 aromatic rings. The van der Waals surface area contributed by atoms with E-state index in [-0.39, 0.29) is 40.9 Å². The molecule has 0 radical (unpaired) electrons. The van der Waals surface area contributed by atoms with Crippen molar-refractivity contribution >= 4 is 17.5 Å². The molecule has 4 atom stereocenters. The number of fused-ring (bicyclic) bond motifs is 1. The van der Waals surface area contributed by atoms with E-state index in [0.29, 0.717) is 5.76 Å². The molecule has 31 heavy (non-hydrogen) atoms. The molecule has 6 heteroatoms. The Hall–Kier alpha value is -2.44. The predicted octanol–water partition coefficient (Wildman–Crippen LogP) is 4.31. The second kappa shape index (κ2) is 7.31. The van der Waals surface area contributed by atoms with Crippen molar-refractivity contribution in [2.45, 2.75) is 41.4 Å². The number of rotatable bonds is 3. The Morgan fingerprint density at radius 2 is 2.03 bits per heavy atom. The first-order valence-corrected chi connectivity index (χ1v) is 11.5. The maximum atomic E-state index is 12.9. The number of ether oxygens (including phenoxy) is 1. The van der Waals surface area contributed by atoms with Crippen LogP contribution in [0.3, 0.4) is 0 Å². The monoisotopic (exact) mass is 437 g/mol. The zero-order chi connectivity index (χ0) is 21.9. The number of hydrogen-bond donors (Lipinski definition) is 2. The van der Waals surface area contributed by atoms with Crippen LogP contribution in [0.25, 0.3) is 0 Å². The lowest BCUT2D eigenvalue weighted by Gasteiger charge is -2.58. The second-order valence-electron chi connectivity index (χ2n) is 8.99. The van der Waals surface area contributed by atoms with Gasteiger partial charge >= 0.3 is 0 Å². The van der Waals surface area contributed by atoms with Gasteiger partial charge in [-0.05, 0) is 56.8 Å². The molecule has 0 saturated carbocycles. The molecule has 1 fully saturated rings. The van der Waals surface area contributed by atoms with E-state index in [1.807, 2.05) is 12.1 Å². The number of aromatic hydroxyl groups is 2. The van der Waals surface area contributed by atoms with Crippen LogP contribution in [-0.4, -0.2) is 47.6 Å². The van der Waals surface area contributed by atoms with Gasteiger partial charge in [-0.3, -0.25) is 4.79 Å². The van der Waals surface area contributed by atoms with Gasteiger partial charge in [-0.1, -0.05) is 23.8 Å². The Bertz CT molecular complexity index is 1100. The molecular weight excluding hydrogens is 410 g/mol. The molecule has 2 N–H and O–H groups in total. The van der Waals surface area contributed by atoms with Crippen LogP contribution in [0.5, 0.6) is 11.5 Å². The van der Waals surface area contributed by atoms with Crippen LogP contribution in [0.15, 0.2) is 53.1 Å². The Labute approximate surface area is 186 Å². The van der Waals surface area contributed by atoms with E-state index < -0.39 is 5.41 Å². The fourth-order valence-electron chi connectivity index (χ4n) is 5.88. The van der Waals surface area contributed by atoms with E-state index in [2.05, 4.69) is 43.1 Å². The van der Waals surface area contributed by atoms with Crippen molar-refractivity contribution in [3.05, 3.63) is 64.9 Å². The van der Waals surface area contributed by atoms with E-state index in [0.717, 1.165) is 29.0 Å². The number of benzene rings is 2. The average molecular weight is 438 g/mol. The second-order valence-corrected chi connectivity index (χ2v) is 10.2. The number of likely N-dealkylation sites (tertiary alicyclic amines) is 1. The van der Waals surface area contributed by atoms with Gasteiger partial charge < -0.3 is 19.8 Å². The topological polar surface area (TPSA) is 70.0 Å². The molecule has 0 unspecified atom stereocenters. The van der Waals surface area contributed by atoms with E-state index >= 15 is 0 Å². The van der Waals surface area contributed by atoms with Gasteiger partial charge in [0.25, 0.3) is 0 Å². The summed E-state index contributed by atoms with van der Waals surface area (Å²) in [4.78, 5) is 16.5. The summed E-state index contributed by atoms with van der Waals surface area (Å²) in [5.41, 5.74) is 2.42. The summed E-state index contributed by atoms with van der Waals surface area (Å²) in [6.45, 7) is 2.91. The Kier molecular flexibility index (Phi) is 4.83. The number of Topliss-reactive ketones (excluding diaryl/α,β-unsaturated/α-hetero) is 1. The molecule has 2 aliphatic carbocycles. The molecule has 0 amide bonds. The molecule has 0 aromatic heterocycles. The largest absolute Gasteiger partial charge is 0.504 e. The number of piperidine rings is 1. The SMILES string of the molecule is COC1=C[C@@H]2[C@@H]3[C@H](Sc4cccc(C)c4)c4ccc(O)c(O)c4[C@]2(CCN3C)CC1=O. The molecule has 5 nitrogen and oxygen atoms in total. The number of nitrogens with zero attached hydrogens (tertiary/aromatic N) is 1. The molecule has 162 valence electrons. The highest BCUT2D eigenvalue weighted by Crippen LogP contribution is 2.63. The fraction of sp³-hybridized carbons (Fsp3) is 0.400. The van der Waals surface area contributed by atoms with Gasteiger partial charge in [-0.25, -0.2) is 0 Å². The number of thioether (sulfide) groups is 1. The number of methoxy groups -OCH3 is 1. The van der Waals surface area contributed by atoms with Crippen molar-refractivity contribution in [1.82, 2.24) is 4.90 Å². The summed E-state index contributed by atoms with van der Waals surface area (Å²) in [5, 5.41) is 21.5. The van der Waals surface area contributed by atoms with Crippen molar-refractivity contribution in [1.29, 1.82) is 0 Å². The van der Waals surface area contributed by atoms with E-state index in [1.54, 1.807) is 24.9 Å². The number of phenolic OH excluding ortho intramolecular Hbond substituents is 2. The lowest BCUT2D eigenvalue weighted by Crippen LogP contribution is -2.61. The predicted molar refractivity (Wildman–Crippen MR) is 120 cm³/mol. The molecule has 5 rings (SSSR count). The zero-order valence-electron chi connectivity index (χ0n) is 18.0. The van der Waals surface area contributed by atoms with Gasteiger partial charge in [0.15, 0.2) is 23.0 Å². The van der Waals surface area contributed by atoms with Crippen molar-refractivity contribution in [2.75, 3.05) is 20.7 Å². The van der Waals surface area contributed by atoms with Crippen LogP contribution >= 0.6 is 11.8 Å². The van der Waals surface area contributed by atoms with Crippen molar-refractivity contribution in [3.8, 4) is 11.5 Å². The molecule has 1 saturated heterocycles. The molecule has 2 bridgehead atoms. The molecule has 1 aliphatic heterocycles. The minimum Gasteiger partial charge on any atom is -0.504 e. The Morgan fingerprint density at radius 1 is 1.23 bits per heavy atom. The van der Waals surface area contributed by atoms with Crippen LogP contribution in [0.4, 0.5) is 0 Å². The molecule has 2 aromatic carbocycles. The third kappa shape index (κ3) is 2.99. The van der Waals surface area contributed by atoms with Crippen LogP contribution in [0.1, 0.15) is 34.8 Å². The van der Waals surface area contributed by atoms with Crippen LogP contribution < -0.4 is 0 Å². The number of allylic oxidation sites excluding steroid dienone is 1. The standard InChI is InChI=1S/C25H27NO4S/c1-14-5-4-6-15(11-14)31-24-16-7-8-18(27)23(29)21(16)25-9-10-26(2)22(24)17(25)12-20(30-3)19(28)13-25/h4-8,11-12,17,22,24,27,29H,9-10,13H2,1-3H3/t17-,22-,24-,25-/m1/s1. The summed E-state index contributed by atoms with van der Waals surface area (Å²) in [6.07, 6.45) is 3.01. The highest BCUT2D eigenvalue weighted by atomic mass is 32.2. The molecule has 3 aliphatic rings. The van der Waals surface area contributed by atoms with Crippen molar-refractivity contribution in [3.63, 3.8) is 0 Å². The first kappa shape index (κ1) is 20.5. The third-order valence-corrected chi connectivity index (χ3v) is 8.60. The van der Waals surface area contributed by atoms with Crippen LogP contribution in [0.2, 0.25) is 0 Å². The minimum atomic E-state index is -0.530. The first-order valence-electron chi connectivity index (χ1n) is 10.6. The lowest BCUT2D eigenvalue weighted by molar-refractivity contribution is -0.122. The van der Waals surface area contributed by atoms with E-state index in [1.165, 1.54) is 5.56 Å². The number of carbonyl (C=O) groups excluding carboxylic acids is 1. The number of likely N-dealkylation sites (N-methyl/N-ethyl adjacent to an activating group) is 1. The number of ketones is 1. The number of aryl methyl sites for hydroxylation is 1. The highest BCUT2D eigenvalue weighted by molar-refractivity contribution is 7.99. The van der Waals surface area contributed by atoms with Crippen molar-refractivity contribution < 1.29 is 19.7 Å². The smallest absolute Gasteiger partial charge is 0.197 e. The zero-order valence-corrected chi connectivity index (χ0v) is 18.8. The normalized spacial score (nSPS) is 29.7. The molecule has 0 spiro atoms. The van der Waals surface area contributed by atoms with Gasteiger partial charge in [0.1, 0.15) is 0 Å². The maximum absolute atomic E-state index is 12.9. The number of hydrogen-bond acceptors (Lipinski definition) is 6. The van der Waals surface area contributed by atoms with Crippen molar-refractivity contribution in [2.24, 2.45) is 5.92 Å². The highest BCUT2D eigenvalue weighted by Gasteiger charge is 2.59. The minimum absolute atomic E-state index is 0.00130. The van der Waals surface area contributed by atoms with Gasteiger partial charge in [0.2, 0.25) is 0 Å². The first-order chi connectivity index (χ1) is 14.9. The van der Waals surface area contributed by atoms with E-state index in [9.17, 15) is 15.0 Å². The summed E-state index contributed by atoms with van der Waals surface area (Å²) in [6, 6.07) is 12.1. The molecular formula is C25H27NO4S. The Balaban J connectivity index is 1.75. The van der Waals surface area contributed by atoms with Gasteiger partial charge in [-0.2, -0.15) is 0 Å². The van der Waals surface area contributed by atoms with Gasteiger partial charge in [0.05, 0.1) is 12.4 Å². The average Bonchev–Trinajstić information content (AvgIpc) is 2.74. The van der Waals surface area contributed by atoms with Gasteiger partial charge in [0, 0.05) is 34.3 Å². The quantitative estimate of drug-likeness (QED) is 0.697. The summed E-state index contributed by atoms with van der Waals surface area (Å²) in [5.74, 6) is 0.158. The fourth-order valence-corrected chi connectivity index (χ4v) is 7.42. The number of phenols is 2. The van der Waals surface area contributed by atoms with E-state index in [4.69, 9.17) is 4.74 Å². The van der Waals surface area contributed by atoms with Crippen LogP contribution in [0, 0.1) is 12.8 Å². The summed E-state index contributed by atoms with van der Waals surface area (Å²) < 4.78 is 5.44. The lowest BCUT2D eigenvalue weighted by atomic mass is 9.53. The molecule has 1 heterocycles. The third-order valence-electron chi connectivity index (χ3n) is 7.28.